The third-order valence-electron chi connectivity index (χ3n) is 5.42. The van der Waals surface area contributed by atoms with Crippen LogP contribution in [0, 0.1) is 12.3 Å². The van der Waals surface area contributed by atoms with Crippen LogP contribution in [0.1, 0.15) is 36.3 Å². The van der Waals surface area contributed by atoms with Crippen LogP contribution < -0.4 is 0 Å². The quantitative estimate of drug-likeness (QED) is 0.840. The zero-order valence-corrected chi connectivity index (χ0v) is 14.8. The fourth-order valence-electron chi connectivity index (χ4n) is 4.37. The zero-order valence-electron chi connectivity index (χ0n) is 14.0. The number of piperidine rings is 1. The van der Waals surface area contributed by atoms with Crippen molar-refractivity contribution in [3.63, 3.8) is 0 Å². The lowest BCUT2D eigenvalue weighted by Crippen LogP contribution is -2.44. The van der Waals surface area contributed by atoms with Crippen molar-refractivity contribution in [1.29, 1.82) is 0 Å². The average molecular weight is 330 g/mol. The normalized spacial score (nSPS) is 26.3. The molecule has 0 unspecified atom stereocenters. The second-order valence-electron chi connectivity index (χ2n) is 7.42. The van der Waals surface area contributed by atoms with Gasteiger partial charge in [0.05, 0.1) is 6.54 Å². The first-order valence-corrected chi connectivity index (χ1v) is 9.66. The van der Waals surface area contributed by atoms with Crippen molar-refractivity contribution in [2.75, 3.05) is 26.2 Å². The summed E-state index contributed by atoms with van der Waals surface area (Å²) in [5.74, 6) is 2.14. The van der Waals surface area contributed by atoms with E-state index in [1.807, 2.05) is 18.3 Å². The third kappa shape index (κ3) is 3.54. The van der Waals surface area contributed by atoms with E-state index in [1.54, 1.807) is 0 Å². The molecule has 1 atom stereocenters. The van der Waals surface area contributed by atoms with Crippen LogP contribution >= 0.6 is 11.3 Å². The van der Waals surface area contributed by atoms with Crippen LogP contribution in [-0.2, 0) is 13.1 Å². The highest BCUT2D eigenvalue weighted by atomic mass is 32.1. The van der Waals surface area contributed by atoms with Crippen molar-refractivity contribution in [2.24, 2.45) is 5.41 Å². The molecule has 0 amide bonds. The Kier molecular flexibility index (Phi) is 4.31. The van der Waals surface area contributed by atoms with E-state index in [0.29, 0.717) is 5.41 Å². The first-order valence-electron chi connectivity index (χ1n) is 8.72. The van der Waals surface area contributed by atoms with Gasteiger partial charge in [0.25, 0.3) is 0 Å². The highest BCUT2D eigenvalue weighted by molar-refractivity contribution is 7.07. The fraction of sp³-hybridized carbons (Fsp3) is 0.579. The first-order chi connectivity index (χ1) is 11.2. The van der Waals surface area contributed by atoms with E-state index in [1.165, 1.54) is 51.0 Å². The van der Waals surface area contributed by atoms with E-state index >= 15 is 0 Å². The number of aryl methyl sites for hydroxylation is 1. The molecule has 0 aromatic carbocycles. The summed E-state index contributed by atoms with van der Waals surface area (Å²) >= 11 is 1.81. The minimum absolute atomic E-state index is 0.510. The predicted molar refractivity (Wildman–Crippen MR) is 94.6 cm³/mol. The second kappa shape index (κ2) is 6.42. The number of hydrogen-bond donors (Lipinski definition) is 0. The Labute approximate surface area is 142 Å². The van der Waals surface area contributed by atoms with Crippen molar-refractivity contribution >= 4 is 11.3 Å². The summed E-state index contributed by atoms with van der Waals surface area (Å²) in [6.07, 6.45) is 4.07. The molecule has 2 aromatic rings. The molecular weight excluding hydrogens is 304 g/mol. The van der Waals surface area contributed by atoms with Crippen molar-refractivity contribution in [1.82, 2.24) is 9.80 Å². The molecule has 2 aliphatic rings. The molecular formula is C19H26N2OS. The zero-order chi connectivity index (χ0) is 15.7. The van der Waals surface area contributed by atoms with E-state index in [4.69, 9.17) is 4.42 Å². The molecule has 0 saturated carbocycles. The summed E-state index contributed by atoms with van der Waals surface area (Å²) in [4.78, 5) is 5.26. The minimum Gasteiger partial charge on any atom is -0.465 e. The maximum atomic E-state index is 5.78. The number of furan rings is 1. The number of thiophene rings is 1. The van der Waals surface area contributed by atoms with Gasteiger partial charge in [0.2, 0.25) is 0 Å². The van der Waals surface area contributed by atoms with Gasteiger partial charge in [-0.15, -0.1) is 0 Å². The van der Waals surface area contributed by atoms with E-state index in [-0.39, 0.29) is 0 Å². The lowest BCUT2D eigenvalue weighted by molar-refractivity contribution is 0.0813. The maximum Gasteiger partial charge on any atom is 0.118 e. The van der Waals surface area contributed by atoms with Crippen molar-refractivity contribution in [3.05, 3.63) is 46.0 Å². The number of hydrogen-bond acceptors (Lipinski definition) is 4. The Morgan fingerprint density at radius 2 is 1.96 bits per heavy atom. The summed E-state index contributed by atoms with van der Waals surface area (Å²) in [5, 5.41) is 4.48. The van der Waals surface area contributed by atoms with E-state index in [2.05, 4.69) is 38.8 Å². The van der Waals surface area contributed by atoms with Crippen molar-refractivity contribution in [2.45, 2.75) is 39.3 Å². The lowest BCUT2D eigenvalue weighted by atomic mass is 9.79. The van der Waals surface area contributed by atoms with Gasteiger partial charge in [0, 0.05) is 19.6 Å². The molecule has 0 bridgehead atoms. The molecule has 0 radical (unpaired) electrons. The van der Waals surface area contributed by atoms with Crippen LogP contribution in [-0.4, -0.2) is 36.0 Å². The van der Waals surface area contributed by atoms with Crippen LogP contribution in [0.4, 0.5) is 0 Å². The standard InChI is InChI=1S/C19H26N2OS/c1-16-3-4-18(22-16)12-20-8-2-6-19(14-20)7-9-21(15-19)11-17-5-10-23-13-17/h3-5,10,13H,2,6-9,11-12,14-15H2,1H3/t19-/m0/s1. The van der Waals surface area contributed by atoms with Crippen LogP contribution in [0.25, 0.3) is 0 Å². The highest BCUT2D eigenvalue weighted by Gasteiger charge is 2.41. The Balaban J connectivity index is 1.37. The van der Waals surface area contributed by atoms with Gasteiger partial charge in [-0.25, -0.2) is 0 Å². The lowest BCUT2D eigenvalue weighted by Gasteiger charge is -2.40. The number of likely N-dealkylation sites (tertiary alicyclic amines) is 2. The minimum atomic E-state index is 0.510. The SMILES string of the molecule is Cc1ccc(CN2CCC[C@]3(CCN(Cc4ccsc4)C3)C2)o1. The molecule has 4 heteroatoms. The molecule has 2 aliphatic heterocycles. The average Bonchev–Trinajstić information content (AvgIpc) is 3.24. The van der Waals surface area contributed by atoms with Gasteiger partial charge in [-0.1, -0.05) is 0 Å². The van der Waals surface area contributed by atoms with Gasteiger partial charge in [-0.05, 0) is 79.2 Å². The van der Waals surface area contributed by atoms with Crippen LogP contribution in [0.2, 0.25) is 0 Å². The second-order valence-corrected chi connectivity index (χ2v) is 8.20. The number of rotatable bonds is 4. The van der Waals surface area contributed by atoms with Crippen LogP contribution in [0.3, 0.4) is 0 Å². The van der Waals surface area contributed by atoms with Gasteiger partial charge >= 0.3 is 0 Å². The molecule has 23 heavy (non-hydrogen) atoms. The topological polar surface area (TPSA) is 19.6 Å². The fourth-order valence-corrected chi connectivity index (χ4v) is 5.03. The van der Waals surface area contributed by atoms with Gasteiger partial charge in [-0.3, -0.25) is 9.80 Å². The smallest absolute Gasteiger partial charge is 0.118 e. The molecule has 1 spiro atoms. The van der Waals surface area contributed by atoms with Crippen LogP contribution in [0.5, 0.6) is 0 Å². The number of nitrogens with zero attached hydrogens (tertiary/aromatic N) is 2. The Morgan fingerprint density at radius 3 is 2.70 bits per heavy atom. The van der Waals surface area contributed by atoms with E-state index in [0.717, 1.165) is 24.6 Å². The molecule has 2 fully saturated rings. The van der Waals surface area contributed by atoms with Crippen molar-refractivity contribution in [3.8, 4) is 0 Å². The molecule has 3 nitrogen and oxygen atoms in total. The molecule has 124 valence electrons. The summed E-state index contributed by atoms with van der Waals surface area (Å²) < 4.78 is 5.78. The summed E-state index contributed by atoms with van der Waals surface area (Å²) in [7, 11) is 0. The summed E-state index contributed by atoms with van der Waals surface area (Å²) in [6, 6.07) is 6.48. The Morgan fingerprint density at radius 1 is 1.09 bits per heavy atom. The molecule has 2 saturated heterocycles. The van der Waals surface area contributed by atoms with Crippen LogP contribution in [0.15, 0.2) is 33.4 Å². The molecule has 0 aliphatic carbocycles. The largest absolute Gasteiger partial charge is 0.465 e. The van der Waals surface area contributed by atoms with E-state index in [9.17, 15) is 0 Å². The summed E-state index contributed by atoms with van der Waals surface area (Å²) in [5.41, 5.74) is 1.99. The predicted octanol–water partition coefficient (Wildman–Crippen LogP) is 4.14. The van der Waals surface area contributed by atoms with E-state index < -0.39 is 0 Å². The summed E-state index contributed by atoms with van der Waals surface area (Å²) in [6.45, 7) is 9.09. The molecule has 4 heterocycles. The first kappa shape index (κ1) is 15.4. The highest BCUT2D eigenvalue weighted by Crippen LogP contribution is 2.39. The third-order valence-corrected chi connectivity index (χ3v) is 6.15. The Hall–Kier alpha value is -1.10. The molecule has 0 N–H and O–H groups in total. The molecule has 2 aromatic heterocycles. The monoisotopic (exact) mass is 330 g/mol. The van der Waals surface area contributed by atoms with Gasteiger partial charge < -0.3 is 4.42 Å². The Bertz CT molecular complexity index is 636. The van der Waals surface area contributed by atoms with Gasteiger partial charge in [0.1, 0.15) is 11.5 Å². The molecule has 4 rings (SSSR count). The maximum absolute atomic E-state index is 5.78. The van der Waals surface area contributed by atoms with Crippen molar-refractivity contribution < 1.29 is 4.42 Å². The van der Waals surface area contributed by atoms with Gasteiger partial charge in [-0.2, -0.15) is 11.3 Å². The van der Waals surface area contributed by atoms with Gasteiger partial charge in [0.15, 0.2) is 0 Å².